The molecule has 0 saturated heterocycles. The van der Waals surface area contributed by atoms with E-state index in [2.05, 4.69) is 19.3 Å². The van der Waals surface area contributed by atoms with E-state index in [0.29, 0.717) is 24.8 Å². The van der Waals surface area contributed by atoms with Crippen LogP contribution in [0.5, 0.6) is 5.75 Å². The van der Waals surface area contributed by atoms with Crippen molar-refractivity contribution in [3.05, 3.63) is 29.8 Å². The Morgan fingerprint density at radius 1 is 1.36 bits per heavy atom. The van der Waals surface area contributed by atoms with Gasteiger partial charge in [-0.25, -0.2) is 0 Å². The summed E-state index contributed by atoms with van der Waals surface area (Å²) in [5.74, 6) is 0.806. The number of benzene rings is 1. The Hall–Kier alpha value is -1.06. The minimum atomic E-state index is 0.299. The summed E-state index contributed by atoms with van der Waals surface area (Å²) in [4.78, 5) is 5.19. The minimum Gasteiger partial charge on any atom is -0.508 e. The van der Waals surface area contributed by atoms with E-state index in [4.69, 9.17) is 4.84 Å². The molecule has 0 fully saturated rings. The van der Waals surface area contributed by atoms with Crippen LogP contribution in [-0.4, -0.2) is 11.7 Å². The molecule has 0 aromatic heterocycles. The first-order valence-electron chi connectivity index (χ1n) is 4.81. The molecule has 0 radical (unpaired) electrons. The molecule has 14 heavy (non-hydrogen) atoms. The van der Waals surface area contributed by atoms with Gasteiger partial charge < -0.3 is 9.94 Å². The zero-order valence-corrected chi connectivity index (χ0v) is 8.66. The van der Waals surface area contributed by atoms with Gasteiger partial charge in [0.1, 0.15) is 5.75 Å². The van der Waals surface area contributed by atoms with Crippen LogP contribution in [-0.2, 0) is 11.4 Å². The highest BCUT2D eigenvalue weighted by Crippen LogP contribution is 2.14. The summed E-state index contributed by atoms with van der Waals surface area (Å²) < 4.78 is 0. The van der Waals surface area contributed by atoms with Crippen LogP contribution in [0.4, 0.5) is 0 Å². The smallest absolute Gasteiger partial charge is 0.120 e. The van der Waals surface area contributed by atoms with E-state index in [9.17, 15) is 5.11 Å². The number of nitrogens with one attached hydrogen (secondary N) is 1. The lowest BCUT2D eigenvalue weighted by atomic mass is 10.2. The topological polar surface area (TPSA) is 41.5 Å². The average molecular weight is 195 g/mol. The van der Waals surface area contributed by atoms with Crippen molar-refractivity contribution in [3.8, 4) is 5.75 Å². The van der Waals surface area contributed by atoms with Gasteiger partial charge in [-0.1, -0.05) is 32.0 Å². The van der Waals surface area contributed by atoms with Crippen LogP contribution in [0.15, 0.2) is 24.3 Å². The molecule has 0 saturated carbocycles. The van der Waals surface area contributed by atoms with Crippen LogP contribution in [0.1, 0.15) is 19.4 Å². The number of hydroxylamine groups is 1. The van der Waals surface area contributed by atoms with Gasteiger partial charge in [-0.15, -0.1) is 0 Å². The second-order valence-electron chi connectivity index (χ2n) is 3.65. The van der Waals surface area contributed by atoms with E-state index in [1.807, 2.05) is 12.1 Å². The molecule has 0 aliphatic rings. The zero-order chi connectivity index (χ0) is 10.4. The van der Waals surface area contributed by atoms with Gasteiger partial charge in [-0.05, 0) is 12.0 Å². The Morgan fingerprint density at radius 3 is 2.71 bits per heavy atom. The van der Waals surface area contributed by atoms with E-state index in [0.717, 1.165) is 5.56 Å². The molecule has 2 N–H and O–H groups in total. The molecule has 0 aliphatic heterocycles. The number of hydrogen-bond acceptors (Lipinski definition) is 3. The first-order chi connectivity index (χ1) is 6.70. The van der Waals surface area contributed by atoms with Gasteiger partial charge >= 0.3 is 0 Å². The van der Waals surface area contributed by atoms with E-state index in [1.54, 1.807) is 12.1 Å². The molecule has 1 aromatic rings. The lowest BCUT2D eigenvalue weighted by Crippen LogP contribution is -2.17. The number of phenolic OH excluding ortho intramolecular Hbond substituents is 1. The Kier molecular flexibility index (Phi) is 4.43. The standard InChI is InChI=1S/C11H17NO2/c1-9(2)8-14-12-7-10-5-3-4-6-11(10)13/h3-6,9,12-13H,7-8H2,1-2H3. The Labute approximate surface area is 84.7 Å². The van der Waals surface area contributed by atoms with Crippen LogP contribution < -0.4 is 5.48 Å². The number of rotatable bonds is 5. The van der Waals surface area contributed by atoms with Crippen molar-refractivity contribution in [3.63, 3.8) is 0 Å². The van der Waals surface area contributed by atoms with Gasteiger partial charge in [-0.2, -0.15) is 5.48 Å². The van der Waals surface area contributed by atoms with Crippen molar-refractivity contribution in [2.75, 3.05) is 6.61 Å². The van der Waals surface area contributed by atoms with Gasteiger partial charge in [0.25, 0.3) is 0 Å². The number of para-hydroxylation sites is 1. The number of hydrogen-bond donors (Lipinski definition) is 2. The molecule has 0 amide bonds. The molecule has 0 aliphatic carbocycles. The summed E-state index contributed by atoms with van der Waals surface area (Å²) in [6.45, 7) is 5.37. The highest BCUT2D eigenvalue weighted by Gasteiger charge is 1.99. The summed E-state index contributed by atoms with van der Waals surface area (Å²) >= 11 is 0. The summed E-state index contributed by atoms with van der Waals surface area (Å²) in [6.07, 6.45) is 0. The van der Waals surface area contributed by atoms with Gasteiger partial charge in [0.15, 0.2) is 0 Å². The highest BCUT2D eigenvalue weighted by molar-refractivity contribution is 5.31. The second-order valence-corrected chi connectivity index (χ2v) is 3.65. The average Bonchev–Trinajstić information content (AvgIpc) is 2.15. The summed E-state index contributed by atoms with van der Waals surface area (Å²) in [7, 11) is 0. The van der Waals surface area contributed by atoms with Crippen LogP contribution in [0.2, 0.25) is 0 Å². The van der Waals surface area contributed by atoms with Crippen LogP contribution in [0, 0.1) is 5.92 Å². The number of phenols is 1. The maximum Gasteiger partial charge on any atom is 0.120 e. The van der Waals surface area contributed by atoms with Crippen molar-refractivity contribution in [2.45, 2.75) is 20.4 Å². The van der Waals surface area contributed by atoms with E-state index in [1.165, 1.54) is 0 Å². The van der Waals surface area contributed by atoms with Crippen molar-refractivity contribution < 1.29 is 9.94 Å². The van der Waals surface area contributed by atoms with Crippen molar-refractivity contribution in [1.29, 1.82) is 0 Å². The largest absolute Gasteiger partial charge is 0.508 e. The Balaban J connectivity index is 2.28. The summed E-state index contributed by atoms with van der Waals surface area (Å²) in [5.41, 5.74) is 3.66. The fourth-order valence-corrected chi connectivity index (χ4v) is 1.01. The Bertz CT molecular complexity index is 274. The normalized spacial score (nSPS) is 10.8. The third-order valence-corrected chi connectivity index (χ3v) is 1.77. The minimum absolute atomic E-state index is 0.299. The number of aromatic hydroxyl groups is 1. The van der Waals surface area contributed by atoms with Crippen LogP contribution >= 0.6 is 0 Å². The molecule has 3 heteroatoms. The predicted molar refractivity (Wildman–Crippen MR) is 55.7 cm³/mol. The molecule has 0 heterocycles. The highest BCUT2D eigenvalue weighted by atomic mass is 16.6. The molecular weight excluding hydrogens is 178 g/mol. The van der Waals surface area contributed by atoms with E-state index in [-0.39, 0.29) is 0 Å². The van der Waals surface area contributed by atoms with Crippen molar-refractivity contribution in [2.24, 2.45) is 5.92 Å². The maximum atomic E-state index is 9.42. The van der Waals surface area contributed by atoms with Gasteiger partial charge in [-0.3, -0.25) is 0 Å². The molecule has 78 valence electrons. The van der Waals surface area contributed by atoms with Gasteiger partial charge in [0.05, 0.1) is 6.61 Å². The van der Waals surface area contributed by atoms with E-state index >= 15 is 0 Å². The molecule has 1 aromatic carbocycles. The third-order valence-electron chi connectivity index (χ3n) is 1.77. The summed E-state index contributed by atoms with van der Waals surface area (Å²) in [5, 5.41) is 9.42. The molecule has 0 unspecified atom stereocenters. The fourth-order valence-electron chi connectivity index (χ4n) is 1.01. The van der Waals surface area contributed by atoms with Crippen LogP contribution in [0.25, 0.3) is 0 Å². The molecular formula is C11H17NO2. The van der Waals surface area contributed by atoms with Crippen molar-refractivity contribution >= 4 is 0 Å². The zero-order valence-electron chi connectivity index (χ0n) is 8.66. The van der Waals surface area contributed by atoms with E-state index < -0.39 is 0 Å². The van der Waals surface area contributed by atoms with Gasteiger partial charge in [0, 0.05) is 12.1 Å². The SMILES string of the molecule is CC(C)CONCc1ccccc1O. The first kappa shape index (κ1) is 11.0. The Morgan fingerprint density at radius 2 is 2.07 bits per heavy atom. The maximum absolute atomic E-state index is 9.42. The lowest BCUT2D eigenvalue weighted by molar-refractivity contribution is 0.0193. The molecule has 0 atom stereocenters. The van der Waals surface area contributed by atoms with Crippen LogP contribution in [0.3, 0.4) is 0 Å². The third kappa shape index (κ3) is 3.77. The lowest BCUT2D eigenvalue weighted by Gasteiger charge is -2.08. The summed E-state index contributed by atoms with van der Waals surface area (Å²) in [6, 6.07) is 7.22. The predicted octanol–water partition coefficient (Wildman–Crippen LogP) is 2.07. The quantitative estimate of drug-likeness (QED) is 0.558. The molecule has 0 bridgehead atoms. The fraction of sp³-hybridized carbons (Fsp3) is 0.455. The molecule has 0 spiro atoms. The second kappa shape index (κ2) is 5.62. The van der Waals surface area contributed by atoms with Gasteiger partial charge in [0.2, 0.25) is 0 Å². The monoisotopic (exact) mass is 195 g/mol. The first-order valence-corrected chi connectivity index (χ1v) is 4.81. The van der Waals surface area contributed by atoms with Crippen molar-refractivity contribution in [1.82, 2.24) is 5.48 Å². The molecule has 1 rings (SSSR count). The molecule has 3 nitrogen and oxygen atoms in total.